The number of hydrogen-bond acceptors (Lipinski definition) is 5. The summed E-state index contributed by atoms with van der Waals surface area (Å²) in [5.74, 6) is -4.41. The van der Waals surface area contributed by atoms with Crippen LogP contribution in [-0.2, 0) is 25.6 Å². The summed E-state index contributed by atoms with van der Waals surface area (Å²) in [6.07, 6.45) is -1.16. The first kappa shape index (κ1) is 21.7. The summed E-state index contributed by atoms with van der Waals surface area (Å²) in [7, 11) is 1.51. The number of nitrogens with zero attached hydrogens (tertiary/aromatic N) is 1. The van der Waals surface area contributed by atoms with E-state index in [1.807, 2.05) is 25.1 Å². The van der Waals surface area contributed by atoms with Crippen LogP contribution < -0.4 is 5.32 Å². The summed E-state index contributed by atoms with van der Waals surface area (Å²) < 4.78 is 31.7. The first-order chi connectivity index (χ1) is 13.9. The molecule has 2 bridgehead atoms. The van der Waals surface area contributed by atoms with Crippen molar-refractivity contribution in [2.24, 2.45) is 11.8 Å². The number of carboxylic acids is 1. The number of fused-ring (bicyclic) bond motifs is 5. The second-order valence-electron chi connectivity index (χ2n) is 7.61. The lowest BCUT2D eigenvalue weighted by Crippen LogP contribution is -2.54. The highest BCUT2D eigenvalue weighted by Gasteiger charge is 2.66. The molecule has 1 aromatic rings. The molecular formula is C20H19F3N2O5. The van der Waals surface area contributed by atoms with Crippen molar-refractivity contribution in [3.63, 3.8) is 0 Å². The monoisotopic (exact) mass is 424 g/mol. The number of carboxylic acid groups (broad SMARTS) is 1. The van der Waals surface area contributed by atoms with E-state index in [9.17, 15) is 27.6 Å². The molecule has 0 saturated carbocycles. The minimum absolute atomic E-state index is 0.117. The zero-order chi connectivity index (χ0) is 22.4. The van der Waals surface area contributed by atoms with Crippen LogP contribution in [0, 0.1) is 18.8 Å². The van der Waals surface area contributed by atoms with Crippen LogP contribution >= 0.6 is 0 Å². The van der Waals surface area contributed by atoms with Crippen LogP contribution in [0.3, 0.4) is 0 Å². The predicted molar refractivity (Wildman–Crippen MR) is 97.1 cm³/mol. The van der Waals surface area contributed by atoms with Gasteiger partial charge in [-0.15, -0.1) is 0 Å². The molecule has 30 heavy (non-hydrogen) atoms. The van der Waals surface area contributed by atoms with Crippen LogP contribution in [0.15, 0.2) is 36.4 Å². The summed E-state index contributed by atoms with van der Waals surface area (Å²) in [4.78, 5) is 47.3. The summed E-state index contributed by atoms with van der Waals surface area (Å²) in [5.41, 5.74) is 1.58. The molecule has 2 N–H and O–H groups in total. The second kappa shape index (κ2) is 7.35. The van der Waals surface area contributed by atoms with Gasteiger partial charge >= 0.3 is 12.1 Å². The van der Waals surface area contributed by atoms with E-state index < -0.39 is 35.6 Å². The van der Waals surface area contributed by atoms with Gasteiger partial charge in [0.25, 0.3) is 0 Å². The van der Waals surface area contributed by atoms with E-state index in [-0.39, 0.29) is 17.6 Å². The van der Waals surface area contributed by atoms with Crippen LogP contribution in [0.2, 0.25) is 0 Å². The van der Waals surface area contributed by atoms with Crippen molar-refractivity contribution in [3.8, 4) is 0 Å². The molecule has 10 heteroatoms. The fraction of sp³-hybridized carbons (Fsp3) is 0.400. The van der Waals surface area contributed by atoms with Gasteiger partial charge < -0.3 is 5.11 Å². The molecule has 4 unspecified atom stereocenters. The number of halogens is 3. The fourth-order valence-corrected chi connectivity index (χ4v) is 4.30. The molecule has 7 nitrogen and oxygen atoms in total. The molecule has 2 fully saturated rings. The minimum Gasteiger partial charge on any atom is -0.475 e. The topological polar surface area (TPSA) is 104 Å². The number of amides is 2. The third-order valence-electron chi connectivity index (χ3n) is 5.58. The van der Waals surface area contributed by atoms with Gasteiger partial charge in [-0.25, -0.2) is 4.79 Å². The Bertz CT molecular complexity index is 958. The van der Waals surface area contributed by atoms with E-state index in [1.165, 1.54) is 18.0 Å². The van der Waals surface area contributed by atoms with Crippen molar-refractivity contribution in [2.45, 2.75) is 31.1 Å². The minimum atomic E-state index is -5.08. The van der Waals surface area contributed by atoms with Gasteiger partial charge in [0.2, 0.25) is 11.8 Å². The standard InChI is InChI=1S/C18H18N2O3.C2HF3O2/c1-10-4-3-5-11(8-10)9-18-7-6-12(21)15(19-18)13-14(18)17(23)20(2)16(13)22;3-2(4,5)1(6)7/h3-8,13-15,19H,9H2,1-2H3;(H,6,7). The first-order valence-electron chi connectivity index (χ1n) is 9.05. The highest BCUT2D eigenvalue weighted by atomic mass is 19.4. The van der Waals surface area contributed by atoms with Gasteiger partial charge in [-0.2, -0.15) is 13.2 Å². The predicted octanol–water partition coefficient (Wildman–Crippen LogP) is 1.25. The number of aliphatic carboxylic acids is 1. The normalized spacial score (nSPS) is 29.6. The van der Waals surface area contributed by atoms with E-state index in [1.54, 1.807) is 6.08 Å². The summed E-state index contributed by atoms with van der Waals surface area (Å²) in [5, 5.41) is 10.4. The first-order valence-corrected chi connectivity index (χ1v) is 9.05. The maximum absolute atomic E-state index is 12.6. The van der Waals surface area contributed by atoms with Gasteiger partial charge in [0.05, 0.1) is 23.4 Å². The molecule has 1 aromatic carbocycles. The number of alkyl halides is 3. The number of hydrogen-bond donors (Lipinski definition) is 2. The van der Waals surface area contributed by atoms with Crippen molar-refractivity contribution in [1.82, 2.24) is 10.2 Å². The number of ketones is 1. The quantitative estimate of drug-likeness (QED) is 0.693. The summed E-state index contributed by atoms with van der Waals surface area (Å²) in [6.45, 7) is 2.02. The Morgan fingerprint density at radius 2 is 1.87 bits per heavy atom. The zero-order valence-electron chi connectivity index (χ0n) is 16.1. The van der Waals surface area contributed by atoms with E-state index in [4.69, 9.17) is 9.90 Å². The van der Waals surface area contributed by atoms with E-state index >= 15 is 0 Å². The molecule has 4 rings (SSSR count). The van der Waals surface area contributed by atoms with E-state index in [0.29, 0.717) is 6.42 Å². The molecule has 3 aliphatic heterocycles. The Morgan fingerprint density at radius 1 is 1.23 bits per heavy atom. The number of carbonyl (C=O) groups excluding carboxylic acids is 3. The molecule has 0 radical (unpaired) electrons. The van der Waals surface area contributed by atoms with Crippen molar-refractivity contribution < 1.29 is 37.5 Å². The third-order valence-corrected chi connectivity index (χ3v) is 5.58. The van der Waals surface area contributed by atoms with Gasteiger partial charge in [-0.1, -0.05) is 35.9 Å². The Hall–Kier alpha value is -3.01. The Morgan fingerprint density at radius 3 is 2.43 bits per heavy atom. The van der Waals surface area contributed by atoms with Crippen molar-refractivity contribution in [2.75, 3.05) is 7.05 Å². The van der Waals surface area contributed by atoms with Crippen molar-refractivity contribution >= 4 is 23.6 Å². The highest BCUT2D eigenvalue weighted by Crippen LogP contribution is 2.46. The fourth-order valence-electron chi connectivity index (χ4n) is 4.30. The average Bonchev–Trinajstić information content (AvgIpc) is 3.05. The number of carbonyl (C=O) groups is 4. The molecule has 2 saturated heterocycles. The Labute approximate surface area is 169 Å². The molecule has 0 aromatic heterocycles. The summed E-state index contributed by atoms with van der Waals surface area (Å²) >= 11 is 0. The van der Waals surface area contributed by atoms with Crippen LogP contribution in [-0.4, -0.2) is 58.4 Å². The summed E-state index contributed by atoms with van der Waals surface area (Å²) in [6, 6.07) is 7.51. The van der Waals surface area contributed by atoms with Gasteiger partial charge in [0.1, 0.15) is 0 Å². The number of benzene rings is 1. The molecule has 0 aliphatic carbocycles. The molecule has 160 valence electrons. The number of rotatable bonds is 2. The second-order valence-corrected chi connectivity index (χ2v) is 7.61. The maximum atomic E-state index is 12.6. The van der Waals surface area contributed by atoms with E-state index in [2.05, 4.69) is 11.4 Å². The largest absolute Gasteiger partial charge is 0.490 e. The van der Waals surface area contributed by atoms with Crippen LogP contribution in [0.5, 0.6) is 0 Å². The van der Waals surface area contributed by atoms with Crippen molar-refractivity contribution in [1.29, 1.82) is 0 Å². The molecular weight excluding hydrogens is 405 g/mol. The maximum Gasteiger partial charge on any atom is 0.490 e. The average molecular weight is 424 g/mol. The molecule has 2 amide bonds. The number of likely N-dealkylation sites (tertiary alicyclic amines) is 1. The van der Waals surface area contributed by atoms with Gasteiger partial charge in [-0.05, 0) is 25.0 Å². The lowest BCUT2D eigenvalue weighted by molar-refractivity contribution is -0.192. The Kier molecular flexibility index (Phi) is 5.32. The van der Waals surface area contributed by atoms with Gasteiger partial charge in [0, 0.05) is 7.05 Å². The Balaban J connectivity index is 0.000000318. The van der Waals surface area contributed by atoms with Crippen LogP contribution in [0.4, 0.5) is 13.2 Å². The van der Waals surface area contributed by atoms with Crippen LogP contribution in [0.1, 0.15) is 11.1 Å². The molecule has 0 spiro atoms. The molecule has 4 atom stereocenters. The van der Waals surface area contributed by atoms with Gasteiger partial charge in [0.15, 0.2) is 5.78 Å². The lowest BCUT2D eigenvalue weighted by Gasteiger charge is -2.34. The third kappa shape index (κ3) is 3.62. The number of aryl methyl sites for hydroxylation is 1. The van der Waals surface area contributed by atoms with Crippen LogP contribution in [0.25, 0.3) is 0 Å². The molecule has 3 aliphatic rings. The highest BCUT2D eigenvalue weighted by molar-refractivity contribution is 6.11. The van der Waals surface area contributed by atoms with Gasteiger partial charge in [-0.3, -0.25) is 24.6 Å². The molecule has 3 heterocycles. The van der Waals surface area contributed by atoms with Crippen molar-refractivity contribution in [3.05, 3.63) is 47.5 Å². The number of imide groups is 1. The lowest BCUT2D eigenvalue weighted by atomic mass is 9.77. The SMILES string of the molecule is Cc1cccc(CC23C=CC(=O)C(N2)C2C(=O)N(C)C(=O)C23)c1.O=C(O)C(F)(F)F. The van der Waals surface area contributed by atoms with E-state index in [0.717, 1.165) is 11.1 Å². The zero-order valence-corrected chi connectivity index (χ0v) is 16.1. The number of nitrogens with one attached hydrogen (secondary N) is 1. The smallest absolute Gasteiger partial charge is 0.475 e.